The first kappa shape index (κ1) is 27.7. The van der Waals surface area contributed by atoms with Gasteiger partial charge in [-0.3, -0.25) is 0 Å². The minimum atomic E-state index is -1.26. The largest absolute Gasteiger partial charge is 0.497 e. The summed E-state index contributed by atoms with van der Waals surface area (Å²) in [5, 5.41) is 21.2. The zero-order valence-electron chi connectivity index (χ0n) is 22.9. The first-order chi connectivity index (χ1) is 19.7. The molecule has 3 aromatic carbocycles. The molecule has 2 aromatic heterocycles. The quantitative estimate of drug-likeness (QED) is 0.216. The fourth-order valence-electron chi connectivity index (χ4n) is 4.93. The molecule has 0 amide bonds. The number of nitrogens with zero attached hydrogens (tertiary/aromatic N) is 3. The van der Waals surface area contributed by atoms with Crippen LogP contribution in [0, 0.1) is 0 Å². The molecule has 5 rings (SSSR count). The molecular weight excluding hydrogens is 550 g/mol. The van der Waals surface area contributed by atoms with E-state index < -0.39 is 11.9 Å². The van der Waals surface area contributed by atoms with Crippen LogP contribution in [0.4, 0.5) is 0 Å². The Morgan fingerprint density at radius 2 is 1.66 bits per heavy atom. The van der Waals surface area contributed by atoms with Crippen molar-refractivity contribution in [3.8, 4) is 34.1 Å². The number of benzene rings is 3. The number of methoxy groups -OCH3 is 3. The minimum Gasteiger partial charge on any atom is -0.497 e. The van der Waals surface area contributed by atoms with Crippen molar-refractivity contribution in [1.29, 1.82) is 0 Å². The monoisotopic (exact) mass is 577 g/mol. The van der Waals surface area contributed by atoms with E-state index >= 15 is 0 Å². The number of hydrogen-bond donors (Lipinski definition) is 2. The number of aromatic nitrogens is 3. The van der Waals surface area contributed by atoms with E-state index in [4.69, 9.17) is 18.9 Å². The number of aromatic carboxylic acids is 2. The summed E-state index contributed by atoms with van der Waals surface area (Å²) in [6, 6.07) is 11.7. The molecule has 11 nitrogen and oxygen atoms in total. The van der Waals surface area contributed by atoms with E-state index in [1.807, 2.05) is 32.0 Å². The standard InChI is InChI=1S/C29H27N3O8S/c1-14(2)40-26-22(38-4)12-21-24(27(26)39-5)23(17-8-7-16(37-3)11-18(17)28(33)34)25(29(35)36)32(21)13-15-6-9-19-20(10-15)31-41-30-19/h6-12,14H,13H2,1-5H3,(H,33,34)(H,35,36). The number of fused-ring (bicyclic) bond motifs is 2. The lowest BCUT2D eigenvalue weighted by Gasteiger charge is -2.19. The van der Waals surface area contributed by atoms with Gasteiger partial charge in [-0.2, -0.15) is 8.75 Å². The first-order valence-electron chi connectivity index (χ1n) is 12.5. The number of carboxylic acid groups (broad SMARTS) is 2. The lowest BCUT2D eigenvalue weighted by atomic mass is 9.95. The molecule has 0 radical (unpaired) electrons. The molecule has 0 saturated carbocycles. The van der Waals surface area contributed by atoms with Crippen molar-refractivity contribution in [3.63, 3.8) is 0 Å². The molecule has 12 heteroatoms. The third kappa shape index (κ3) is 4.86. The number of rotatable bonds is 10. The van der Waals surface area contributed by atoms with Gasteiger partial charge in [-0.15, -0.1) is 0 Å². The fraction of sp³-hybridized carbons (Fsp3) is 0.241. The maximum Gasteiger partial charge on any atom is 0.353 e. The Hall–Kier alpha value is -4.84. The summed E-state index contributed by atoms with van der Waals surface area (Å²) < 4.78 is 33.0. The number of hydrogen-bond acceptors (Lipinski definition) is 9. The van der Waals surface area contributed by atoms with Crippen LogP contribution in [-0.4, -0.2) is 62.9 Å². The van der Waals surface area contributed by atoms with Gasteiger partial charge in [0.05, 0.1) is 55.6 Å². The van der Waals surface area contributed by atoms with Gasteiger partial charge in [-0.1, -0.05) is 6.07 Å². The van der Waals surface area contributed by atoms with Crippen LogP contribution in [0.3, 0.4) is 0 Å². The molecule has 5 aromatic rings. The molecule has 0 aliphatic carbocycles. The highest BCUT2D eigenvalue weighted by Gasteiger charge is 2.32. The van der Waals surface area contributed by atoms with Crippen LogP contribution >= 0.6 is 11.7 Å². The third-order valence-electron chi connectivity index (χ3n) is 6.59. The Kier molecular flexibility index (Phi) is 7.41. The van der Waals surface area contributed by atoms with E-state index in [0.29, 0.717) is 27.9 Å². The van der Waals surface area contributed by atoms with E-state index in [2.05, 4.69) is 8.75 Å². The van der Waals surface area contributed by atoms with Gasteiger partial charge in [0.25, 0.3) is 0 Å². The molecule has 2 heterocycles. The molecule has 212 valence electrons. The molecule has 0 aliphatic heterocycles. The Morgan fingerprint density at radius 3 is 2.29 bits per heavy atom. The molecule has 0 saturated heterocycles. The van der Waals surface area contributed by atoms with Crippen molar-refractivity contribution in [1.82, 2.24) is 13.3 Å². The number of carbonyl (C=O) groups is 2. The average Bonchev–Trinajstić information content (AvgIpc) is 3.54. The van der Waals surface area contributed by atoms with E-state index in [9.17, 15) is 19.8 Å². The second-order valence-corrected chi connectivity index (χ2v) is 9.95. The van der Waals surface area contributed by atoms with E-state index in [1.54, 1.807) is 16.7 Å². The van der Waals surface area contributed by atoms with Crippen LogP contribution in [0.1, 0.15) is 40.3 Å². The second-order valence-electron chi connectivity index (χ2n) is 9.42. The van der Waals surface area contributed by atoms with Gasteiger partial charge in [-0.05, 0) is 55.3 Å². The number of ether oxygens (including phenoxy) is 4. The van der Waals surface area contributed by atoms with Crippen molar-refractivity contribution in [3.05, 3.63) is 59.3 Å². The van der Waals surface area contributed by atoms with Crippen LogP contribution in [-0.2, 0) is 6.54 Å². The molecular formula is C29H27N3O8S. The SMILES string of the molecule is COc1ccc(-c2c(C(=O)O)n(Cc3ccc4nsnc4c3)c3cc(OC)c(OC(C)C)c(OC)c23)c(C(=O)O)c1. The zero-order valence-corrected chi connectivity index (χ0v) is 23.7. The normalized spacial score (nSPS) is 11.3. The topological polar surface area (TPSA) is 142 Å². The van der Waals surface area contributed by atoms with Gasteiger partial charge in [0, 0.05) is 18.2 Å². The predicted octanol–water partition coefficient (Wildman–Crippen LogP) is 5.57. The summed E-state index contributed by atoms with van der Waals surface area (Å²) >= 11 is 1.09. The smallest absolute Gasteiger partial charge is 0.353 e. The lowest BCUT2D eigenvalue weighted by Crippen LogP contribution is -2.11. The average molecular weight is 578 g/mol. The molecule has 0 unspecified atom stereocenters. The summed E-state index contributed by atoms with van der Waals surface area (Å²) in [6.07, 6.45) is -0.270. The van der Waals surface area contributed by atoms with Gasteiger partial charge < -0.3 is 33.7 Å². The maximum absolute atomic E-state index is 13.1. The minimum absolute atomic E-state index is 0.126. The fourth-order valence-corrected chi connectivity index (χ4v) is 5.45. The van der Waals surface area contributed by atoms with Crippen molar-refractivity contribution in [2.75, 3.05) is 21.3 Å². The first-order valence-corrected chi connectivity index (χ1v) is 13.3. The van der Waals surface area contributed by atoms with Crippen molar-refractivity contribution in [2.24, 2.45) is 0 Å². The van der Waals surface area contributed by atoms with Crippen molar-refractivity contribution in [2.45, 2.75) is 26.5 Å². The molecule has 2 N–H and O–H groups in total. The van der Waals surface area contributed by atoms with Gasteiger partial charge in [0.15, 0.2) is 11.5 Å². The maximum atomic E-state index is 13.1. The predicted molar refractivity (Wildman–Crippen MR) is 153 cm³/mol. The van der Waals surface area contributed by atoms with Crippen molar-refractivity contribution < 1.29 is 38.7 Å². The summed E-state index contributed by atoms with van der Waals surface area (Å²) in [5.41, 5.74) is 2.71. The molecule has 0 atom stereocenters. The summed E-state index contributed by atoms with van der Waals surface area (Å²) in [4.78, 5) is 25.5. The lowest BCUT2D eigenvalue weighted by molar-refractivity contribution is 0.0678. The molecule has 0 fully saturated rings. The van der Waals surface area contributed by atoms with Crippen LogP contribution in [0.25, 0.3) is 33.1 Å². The van der Waals surface area contributed by atoms with Gasteiger partial charge >= 0.3 is 11.9 Å². The van der Waals surface area contributed by atoms with Crippen LogP contribution < -0.4 is 18.9 Å². The van der Waals surface area contributed by atoms with Gasteiger partial charge in [0.1, 0.15) is 22.5 Å². The molecule has 41 heavy (non-hydrogen) atoms. The van der Waals surface area contributed by atoms with E-state index in [0.717, 1.165) is 22.8 Å². The van der Waals surface area contributed by atoms with E-state index in [1.165, 1.54) is 33.5 Å². The van der Waals surface area contributed by atoms with Crippen LogP contribution in [0.15, 0.2) is 42.5 Å². The van der Waals surface area contributed by atoms with Crippen LogP contribution in [0.2, 0.25) is 0 Å². The van der Waals surface area contributed by atoms with Gasteiger partial charge in [0.2, 0.25) is 5.75 Å². The third-order valence-corrected chi connectivity index (χ3v) is 7.15. The molecule has 0 aliphatic rings. The number of carboxylic acids is 2. The van der Waals surface area contributed by atoms with Gasteiger partial charge in [-0.25, -0.2) is 9.59 Å². The Balaban J connectivity index is 1.93. The van der Waals surface area contributed by atoms with Crippen LogP contribution in [0.5, 0.6) is 23.0 Å². The Bertz CT molecular complexity index is 1810. The summed E-state index contributed by atoms with van der Waals surface area (Å²) in [7, 11) is 4.35. The Morgan fingerprint density at radius 1 is 0.902 bits per heavy atom. The Labute approximate surface area is 238 Å². The highest BCUT2D eigenvalue weighted by atomic mass is 32.1. The second kappa shape index (κ2) is 11.0. The highest BCUT2D eigenvalue weighted by molar-refractivity contribution is 7.00. The molecule has 0 bridgehead atoms. The summed E-state index contributed by atoms with van der Waals surface area (Å²) in [6.45, 7) is 3.81. The van der Waals surface area contributed by atoms with Crippen molar-refractivity contribution >= 4 is 45.6 Å². The van der Waals surface area contributed by atoms with E-state index in [-0.39, 0.29) is 46.5 Å². The highest BCUT2D eigenvalue weighted by Crippen LogP contribution is 2.50. The zero-order chi connectivity index (χ0) is 29.4. The summed E-state index contributed by atoms with van der Waals surface area (Å²) in [5.74, 6) is -1.37. The molecule has 0 spiro atoms.